The maximum atomic E-state index is 11.9. The smallest absolute Gasteiger partial charge is 0.323 e. The Balaban J connectivity index is 1.73. The number of halogens is 1. The Morgan fingerprint density at radius 1 is 1.10 bits per heavy atom. The molecule has 0 spiro atoms. The number of phenols is 1. The monoisotopic (exact) mass is 303 g/mol. The van der Waals surface area contributed by atoms with Crippen LogP contribution in [0.2, 0.25) is 5.02 Å². The summed E-state index contributed by atoms with van der Waals surface area (Å²) in [6.07, 6.45) is 0. The van der Waals surface area contributed by atoms with Crippen molar-refractivity contribution in [2.24, 2.45) is 0 Å². The van der Waals surface area contributed by atoms with Crippen molar-refractivity contribution in [1.29, 1.82) is 0 Å². The summed E-state index contributed by atoms with van der Waals surface area (Å²) in [5.41, 5.74) is 2.33. The fourth-order valence-electron chi connectivity index (χ4n) is 1.81. The second-order valence-electron chi connectivity index (χ2n) is 4.27. The molecule has 7 nitrogen and oxygen atoms in total. The number of hydrogen-bond donors (Lipinski definition) is 4. The number of hydrogen-bond acceptors (Lipinski definition) is 4. The summed E-state index contributed by atoms with van der Waals surface area (Å²) in [4.78, 5) is 11.9. The molecular weight excluding hydrogens is 294 g/mol. The second kappa shape index (κ2) is 5.29. The van der Waals surface area contributed by atoms with E-state index < -0.39 is 6.03 Å². The predicted molar refractivity (Wildman–Crippen MR) is 79.6 cm³/mol. The van der Waals surface area contributed by atoms with Gasteiger partial charge in [0.25, 0.3) is 0 Å². The Morgan fingerprint density at radius 3 is 2.71 bits per heavy atom. The van der Waals surface area contributed by atoms with Crippen LogP contribution in [-0.2, 0) is 0 Å². The molecule has 21 heavy (non-hydrogen) atoms. The number of fused-ring (bicyclic) bond motifs is 1. The number of carbonyl (C=O) groups is 1. The summed E-state index contributed by atoms with van der Waals surface area (Å²) in [6.45, 7) is 0. The fraction of sp³-hybridized carbons (Fsp3) is 0. The van der Waals surface area contributed by atoms with E-state index in [9.17, 15) is 9.90 Å². The van der Waals surface area contributed by atoms with Gasteiger partial charge in [-0.15, -0.1) is 0 Å². The second-order valence-corrected chi connectivity index (χ2v) is 4.68. The molecule has 0 radical (unpaired) electrons. The molecule has 0 unspecified atom stereocenters. The molecule has 1 heterocycles. The Bertz CT molecular complexity index is 817. The van der Waals surface area contributed by atoms with Gasteiger partial charge in [0.2, 0.25) is 0 Å². The zero-order valence-electron chi connectivity index (χ0n) is 10.6. The van der Waals surface area contributed by atoms with E-state index in [4.69, 9.17) is 11.6 Å². The first-order valence-corrected chi connectivity index (χ1v) is 6.37. The molecule has 4 N–H and O–H groups in total. The highest BCUT2D eigenvalue weighted by Gasteiger charge is 2.07. The van der Waals surface area contributed by atoms with E-state index in [-0.39, 0.29) is 10.8 Å². The predicted octanol–water partition coefficient (Wildman–Crippen LogP) is 2.96. The fourth-order valence-corrected chi connectivity index (χ4v) is 2.03. The zero-order chi connectivity index (χ0) is 14.8. The minimum atomic E-state index is -0.453. The molecule has 1 aromatic heterocycles. The summed E-state index contributed by atoms with van der Waals surface area (Å²) in [6, 6.07) is 8.98. The lowest BCUT2D eigenvalue weighted by molar-refractivity contribution is 0.262. The van der Waals surface area contributed by atoms with Crippen molar-refractivity contribution in [1.82, 2.24) is 15.4 Å². The van der Waals surface area contributed by atoms with Crippen LogP contribution in [0.1, 0.15) is 0 Å². The molecule has 3 aromatic rings. The number of anilines is 2. The Kier molecular flexibility index (Phi) is 3.33. The molecule has 0 aliphatic rings. The molecule has 0 atom stereocenters. The van der Waals surface area contributed by atoms with E-state index >= 15 is 0 Å². The molecule has 3 rings (SSSR count). The van der Waals surface area contributed by atoms with Gasteiger partial charge in [-0.05, 0) is 30.3 Å². The van der Waals surface area contributed by atoms with Crippen molar-refractivity contribution in [3.63, 3.8) is 0 Å². The SMILES string of the molecule is O=C(Nc1ccc2n[nH]nc2c1)Nc1ccc(O)cc1Cl. The summed E-state index contributed by atoms with van der Waals surface area (Å²) in [5.74, 6) is 0.0300. The van der Waals surface area contributed by atoms with Gasteiger partial charge in [0.15, 0.2) is 0 Å². The number of aromatic nitrogens is 3. The van der Waals surface area contributed by atoms with Crippen molar-refractivity contribution in [2.45, 2.75) is 0 Å². The summed E-state index contributed by atoms with van der Waals surface area (Å²) < 4.78 is 0. The van der Waals surface area contributed by atoms with Gasteiger partial charge >= 0.3 is 6.03 Å². The molecular formula is C13H10ClN5O2. The molecule has 0 saturated heterocycles. The number of aromatic hydroxyl groups is 1. The number of amides is 2. The van der Waals surface area contributed by atoms with Gasteiger partial charge in [0.1, 0.15) is 16.8 Å². The Labute approximate surface area is 123 Å². The average Bonchev–Trinajstić information content (AvgIpc) is 2.89. The van der Waals surface area contributed by atoms with Crippen molar-refractivity contribution in [2.75, 3.05) is 10.6 Å². The van der Waals surface area contributed by atoms with Crippen LogP contribution < -0.4 is 10.6 Å². The van der Waals surface area contributed by atoms with Crippen LogP contribution in [0, 0.1) is 0 Å². The summed E-state index contributed by atoms with van der Waals surface area (Å²) in [5, 5.41) is 25.1. The van der Waals surface area contributed by atoms with E-state index in [0.717, 1.165) is 0 Å². The Morgan fingerprint density at radius 2 is 1.90 bits per heavy atom. The minimum absolute atomic E-state index is 0.0300. The third kappa shape index (κ3) is 2.87. The van der Waals surface area contributed by atoms with Gasteiger partial charge in [0.05, 0.1) is 10.7 Å². The van der Waals surface area contributed by atoms with Gasteiger partial charge in [-0.3, -0.25) is 0 Å². The van der Waals surface area contributed by atoms with Crippen molar-refractivity contribution >= 4 is 40.0 Å². The maximum Gasteiger partial charge on any atom is 0.323 e. The molecule has 106 valence electrons. The van der Waals surface area contributed by atoms with E-state index in [0.29, 0.717) is 22.4 Å². The quantitative estimate of drug-likeness (QED) is 0.546. The summed E-state index contributed by atoms with van der Waals surface area (Å²) >= 11 is 5.92. The van der Waals surface area contributed by atoms with Crippen molar-refractivity contribution in [3.05, 3.63) is 41.4 Å². The van der Waals surface area contributed by atoms with Gasteiger partial charge in [0, 0.05) is 11.8 Å². The largest absolute Gasteiger partial charge is 0.508 e. The molecule has 0 bridgehead atoms. The number of urea groups is 1. The highest BCUT2D eigenvalue weighted by atomic mass is 35.5. The molecule has 8 heteroatoms. The molecule has 2 amide bonds. The van der Waals surface area contributed by atoms with Gasteiger partial charge < -0.3 is 15.7 Å². The third-order valence-electron chi connectivity index (χ3n) is 2.78. The van der Waals surface area contributed by atoms with E-state index in [1.54, 1.807) is 18.2 Å². The number of carbonyl (C=O) groups excluding carboxylic acids is 1. The van der Waals surface area contributed by atoms with Crippen LogP contribution in [0.25, 0.3) is 11.0 Å². The normalized spacial score (nSPS) is 10.5. The first-order valence-electron chi connectivity index (χ1n) is 5.99. The number of nitrogens with zero attached hydrogens (tertiary/aromatic N) is 2. The van der Waals surface area contributed by atoms with Crippen LogP contribution in [0.4, 0.5) is 16.2 Å². The first-order chi connectivity index (χ1) is 10.1. The third-order valence-corrected chi connectivity index (χ3v) is 3.09. The van der Waals surface area contributed by atoms with E-state index in [1.165, 1.54) is 18.2 Å². The Hall–Kier alpha value is -2.80. The standard InChI is InChI=1S/C13H10ClN5O2/c14-9-6-8(20)2-4-10(9)16-13(21)15-7-1-3-11-12(5-7)18-19-17-11/h1-6,20H,(H2,15,16,21)(H,17,18,19). The zero-order valence-corrected chi connectivity index (χ0v) is 11.3. The highest BCUT2D eigenvalue weighted by molar-refractivity contribution is 6.34. The molecule has 0 aliphatic heterocycles. The average molecular weight is 304 g/mol. The van der Waals surface area contributed by atoms with Crippen LogP contribution >= 0.6 is 11.6 Å². The van der Waals surface area contributed by atoms with Crippen molar-refractivity contribution < 1.29 is 9.90 Å². The summed E-state index contributed by atoms with van der Waals surface area (Å²) in [7, 11) is 0. The molecule has 0 fully saturated rings. The van der Waals surface area contributed by atoms with Gasteiger partial charge in [-0.1, -0.05) is 11.6 Å². The number of rotatable bonds is 2. The number of phenolic OH excluding ortho intramolecular Hbond substituents is 1. The van der Waals surface area contributed by atoms with Gasteiger partial charge in [-0.25, -0.2) is 4.79 Å². The van der Waals surface area contributed by atoms with Crippen LogP contribution in [0.5, 0.6) is 5.75 Å². The lowest BCUT2D eigenvalue weighted by atomic mass is 10.3. The number of benzene rings is 2. The number of H-pyrrole nitrogens is 1. The topological polar surface area (TPSA) is 103 Å². The van der Waals surface area contributed by atoms with Crippen LogP contribution in [-0.4, -0.2) is 26.5 Å². The highest BCUT2D eigenvalue weighted by Crippen LogP contribution is 2.26. The van der Waals surface area contributed by atoms with Crippen LogP contribution in [0.3, 0.4) is 0 Å². The van der Waals surface area contributed by atoms with Gasteiger partial charge in [-0.2, -0.15) is 15.4 Å². The number of aromatic amines is 1. The van der Waals surface area contributed by atoms with E-state index in [1.807, 2.05) is 0 Å². The molecule has 0 saturated carbocycles. The first kappa shape index (κ1) is 13.2. The minimum Gasteiger partial charge on any atom is -0.508 e. The maximum absolute atomic E-state index is 11.9. The van der Waals surface area contributed by atoms with Crippen molar-refractivity contribution in [3.8, 4) is 5.75 Å². The molecule has 2 aromatic carbocycles. The lowest BCUT2D eigenvalue weighted by Gasteiger charge is -2.09. The van der Waals surface area contributed by atoms with E-state index in [2.05, 4.69) is 26.0 Å². The van der Waals surface area contributed by atoms with Crippen LogP contribution in [0.15, 0.2) is 36.4 Å². The lowest BCUT2D eigenvalue weighted by Crippen LogP contribution is -2.19. The number of nitrogens with one attached hydrogen (secondary N) is 3. The molecule has 0 aliphatic carbocycles.